The van der Waals surface area contributed by atoms with E-state index in [2.05, 4.69) is 6.58 Å². The summed E-state index contributed by atoms with van der Waals surface area (Å²) in [6, 6.07) is 21.7. The van der Waals surface area contributed by atoms with Crippen molar-refractivity contribution in [2.24, 2.45) is 0 Å². The van der Waals surface area contributed by atoms with Crippen molar-refractivity contribution in [2.45, 2.75) is 0 Å². The minimum absolute atomic E-state index is 0.456. The summed E-state index contributed by atoms with van der Waals surface area (Å²) in [6.07, 6.45) is 1.17. The maximum atomic E-state index is 11.6. The molecule has 0 aliphatic carbocycles. The molecule has 0 amide bonds. The van der Waals surface area contributed by atoms with Gasteiger partial charge in [0.25, 0.3) is 0 Å². The Bertz CT molecular complexity index is 804. The highest BCUT2D eigenvalue weighted by Gasteiger charge is 2.12. The summed E-state index contributed by atoms with van der Waals surface area (Å²) < 4.78 is 5.40. The molecule has 0 aromatic heterocycles. The first-order valence-electron chi connectivity index (χ1n) is 6.71. The molecule has 0 saturated carbocycles. The SMILES string of the molecule is C=CC(=O)Oc1ccc2ccccc2c1-c1ccccc1. The number of hydrogen-bond acceptors (Lipinski definition) is 2. The quantitative estimate of drug-likeness (QED) is 0.396. The molecule has 0 aliphatic heterocycles. The van der Waals surface area contributed by atoms with Gasteiger partial charge in [-0.1, -0.05) is 67.2 Å². The number of hydrogen-bond donors (Lipinski definition) is 0. The fraction of sp³-hybridized carbons (Fsp3) is 0. The Labute approximate surface area is 123 Å². The Hall–Kier alpha value is -2.87. The van der Waals surface area contributed by atoms with Gasteiger partial charge in [-0.15, -0.1) is 0 Å². The van der Waals surface area contributed by atoms with Gasteiger partial charge in [-0.2, -0.15) is 0 Å². The molecule has 0 heterocycles. The highest BCUT2D eigenvalue weighted by molar-refractivity contribution is 6.00. The van der Waals surface area contributed by atoms with Crippen LogP contribution in [0.1, 0.15) is 0 Å². The first kappa shape index (κ1) is 13.1. The summed E-state index contributed by atoms with van der Waals surface area (Å²) in [7, 11) is 0. The van der Waals surface area contributed by atoms with Gasteiger partial charge in [0.2, 0.25) is 0 Å². The summed E-state index contributed by atoms with van der Waals surface area (Å²) in [5, 5.41) is 2.16. The van der Waals surface area contributed by atoms with E-state index in [1.165, 1.54) is 6.08 Å². The van der Waals surface area contributed by atoms with Crippen LogP contribution in [0.2, 0.25) is 0 Å². The molecule has 0 aliphatic rings. The van der Waals surface area contributed by atoms with E-state index in [4.69, 9.17) is 4.74 Å². The van der Waals surface area contributed by atoms with Crippen LogP contribution in [-0.4, -0.2) is 5.97 Å². The van der Waals surface area contributed by atoms with E-state index in [0.717, 1.165) is 21.9 Å². The van der Waals surface area contributed by atoms with Crippen LogP contribution in [0.3, 0.4) is 0 Å². The van der Waals surface area contributed by atoms with Crippen molar-refractivity contribution in [3.63, 3.8) is 0 Å². The third-order valence-corrected chi connectivity index (χ3v) is 3.33. The Kier molecular flexibility index (Phi) is 3.52. The molecule has 0 atom stereocenters. The number of esters is 1. The van der Waals surface area contributed by atoms with Crippen LogP contribution in [0.5, 0.6) is 5.75 Å². The highest BCUT2D eigenvalue weighted by atomic mass is 16.5. The van der Waals surface area contributed by atoms with Gasteiger partial charge in [-0.3, -0.25) is 0 Å². The van der Waals surface area contributed by atoms with Crippen molar-refractivity contribution < 1.29 is 9.53 Å². The normalized spacial score (nSPS) is 10.3. The van der Waals surface area contributed by atoms with Crippen LogP contribution in [0, 0.1) is 0 Å². The maximum Gasteiger partial charge on any atom is 0.335 e. The number of carbonyl (C=O) groups excluding carboxylic acids is 1. The molecule has 0 spiro atoms. The lowest BCUT2D eigenvalue weighted by Gasteiger charge is -2.12. The fourth-order valence-corrected chi connectivity index (χ4v) is 2.39. The summed E-state index contributed by atoms with van der Waals surface area (Å²) in [4.78, 5) is 11.6. The van der Waals surface area contributed by atoms with Crippen molar-refractivity contribution >= 4 is 16.7 Å². The van der Waals surface area contributed by atoms with E-state index in [-0.39, 0.29) is 0 Å². The molecule has 0 unspecified atom stereocenters. The van der Waals surface area contributed by atoms with Crippen molar-refractivity contribution in [2.75, 3.05) is 0 Å². The molecule has 2 heteroatoms. The second kappa shape index (κ2) is 5.63. The molecule has 3 aromatic carbocycles. The minimum atomic E-state index is -0.456. The molecule has 21 heavy (non-hydrogen) atoms. The lowest BCUT2D eigenvalue weighted by Crippen LogP contribution is -2.04. The number of carbonyl (C=O) groups is 1. The zero-order valence-corrected chi connectivity index (χ0v) is 11.5. The topological polar surface area (TPSA) is 26.3 Å². The lowest BCUT2D eigenvalue weighted by molar-refractivity contribution is -0.128. The maximum absolute atomic E-state index is 11.6. The van der Waals surface area contributed by atoms with Crippen LogP contribution in [0.15, 0.2) is 79.4 Å². The molecule has 2 nitrogen and oxygen atoms in total. The van der Waals surface area contributed by atoms with E-state index in [0.29, 0.717) is 5.75 Å². The molecule has 0 fully saturated rings. The van der Waals surface area contributed by atoms with E-state index in [1.807, 2.05) is 66.7 Å². The first-order chi connectivity index (χ1) is 10.3. The van der Waals surface area contributed by atoms with Gasteiger partial charge in [0.05, 0.1) is 0 Å². The smallest absolute Gasteiger partial charge is 0.335 e. The van der Waals surface area contributed by atoms with Crippen LogP contribution >= 0.6 is 0 Å². The van der Waals surface area contributed by atoms with Crippen molar-refractivity contribution in [3.8, 4) is 16.9 Å². The molecule has 102 valence electrons. The number of fused-ring (bicyclic) bond motifs is 1. The Balaban J connectivity index is 2.28. The highest BCUT2D eigenvalue weighted by Crippen LogP contribution is 2.37. The predicted octanol–water partition coefficient (Wildman–Crippen LogP) is 4.60. The standard InChI is InChI=1S/C19H14O2/c1-2-18(20)21-17-13-12-14-8-6-7-11-16(14)19(17)15-9-4-3-5-10-15/h2-13H,1H2. The summed E-state index contributed by atoms with van der Waals surface area (Å²) in [6.45, 7) is 3.45. The van der Waals surface area contributed by atoms with Gasteiger partial charge >= 0.3 is 5.97 Å². The van der Waals surface area contributed by atoms with E-state index < -0.39 is 5.97 Å². The van der Waals surface area contributed by atoms with Crippen LogP contribution in [-0.2, 0) is 4.79 Å². The van der Waals surface area contributed by atoms with E-state index in [9.17, 15) is 4.79 Å². The molecular weight excluding hydrogens is 260 g/mol. The number of benzene rings is 3. The average Bonchev–Trinajstić information content (AvgIpc) is 2.55. The Morgan fingerprint density at radius 1 is 0.905 bits per heavy atom. The van der Waals surface area contributed by atoms with E-state index in [1.54, 1.807) is 0 Å². The van der Waals surface area contributed by atoms with Gasteiger partial charge in [-0.25, -0.2) is 4.79 Å². The van der Waals surface area contributed by atoms with Crippen LogP contribution in [0.4, 0.5) is 0 Å². The fourth-order valence-electron chi connectivity index (χ4n) is 2.39. The molecule has 0 saturated heterocycles. The number of ether oxygens (including phenoxy) is 1. The minimum Gasteiger partial charge on any atom is -0.423 e. The molecule has 3 rings (SSSR count). The first-order valence-corrected chi connectivity index (χ1v) is 6.71. The van der Waals surface area contributed by atoms with Crippen molar-refractivity contribution in [1.29, 1.82) is 0 Å². The van der Waals surface area contributed by atoms with Crippen LogP contribution < -0.4 is 4.74 Å². The summed E-state index contributed by atoms with van der Waals surface area (Å²) in [5.41, 5.74) is 1.94. The summed E-state index contributed by atoms with van der Waals surface area (Å²) in [5.74, 6) is 0.0901. The van der Waals surface area contributed by atoms with Crippen molar-refractivity contribution in [1.82, 2.24) is 0 Å². The second-order valence-electron chi connectivity index (χ2n) is 4.65. The summed E-state index contributed by atoms with van der Waals surface area (Å²) >= 11 is 0. The van der Waals surface area contributed by atoms with Crippen LogP contribution in [0.25, 0.3) is 21.9 Å². The van der Waals surface area contributed by atoms with Gasteiger partial charge in [0.15, 0.2) is 0 Å². The zero-order chi connectivity index (χ0) is 14.7. The Morgan fingerprint density at radius 3 is 2.38 bits per heavy atom. The third kappa shape index (κ3) is 2.56. The molecule has 0 bridgehead atoms. The largest absolute Gasteiger partial charge is 0.423 e. The Morgan fingerprint density at radius 2 is 1.62 bits per heavy atom. The third-order valence-electron chi connectivity index (χ3n) is 3.33. The predicted molar refractivity (Wildman–Crippen MR) is 85.2 cm³/mol. The molecular formula is C19H14O2. The second-order valence-corrected chi connectivity index (χ2v) is 4.65. The van der Waals surface area contributed by atoms with Gasteiger partial charge in [0.1, 0.15) is 5.75 Å². The van der Waals surface area contributed by atoms with Gasteiger partial charge < -0.3 is 4.74 Å². The molecule has 3 aromatic rings. The zero-order valence-electron chi connectivity index (χ0n) is 11.5. The average molecular weight is 274 g/mol. The monoisotopic (exact) mass is 274 g/mol. The van der Waals surface area contributed by atoms with Gasteiger partial charge in [-0.05, 0) is 22.4 Å². The van der Waals surface area contributed by atoms with Crippen molar-refractivity contribution in [3.05, 3.63) is 79.4 Å². The molecule has 0 radical (unpaired) electrons. The van der Waals surface area contributed by atoms with Gasteiger partial charge in [0, 0.05) is 11.6 Å². The number of rotatable bonds is 3. The molecule has 0 N–H and O–H groups in total. The van der Waals surface area contributed by atoms with E-state index >= 15 is 0 Å². The lowest BCUT2D eigenvalue weighted by atomic mass is 9.97.